The maximum Gasteiger partial charge on any atom is 0.573 e. The van der Waals surface area contributed by atoms with Crippen LogP contribution in [0.1, 0.15) is 24.8 Å². The zero-order valence-electron chi connectivity index (χ0n) is 10.5. The van der Waals surface area contributed by atoms with Gasteiger partial charge in [0.15, 0.2) is 0 Å². The highest BCUT2D eigenvalue weighted by Gasteiger charge is 2.31. The molecular weight excluding hydrogens is 273 g/mol. The molecule has 0 aliphatic heterocycles. The second kappa shape index (κ2) is 5.56. The van der Waals surface area contributed by atoms with Crippen molar-refractivity contribution < 1.29 is 27.8 Å². The summed E-state index contributed by atoms with van der Waals surface area (Å²) in [6.45, 7) is 0. The van der Waals surface area contributed by atoms with Crippen molar-refractivity contribution in [3.8, 4) is 5.75 Å². The van der Waals surface area contributed by atoms with Gasteiger partial charge in [-0.15, -0.1) is 13.2 Å². The van der Waals surface area contributed by atoms with Gasteiger partial charge < -0.3 is 9.84 Å². The van der Waals surface area contributed by atoms with Gasteiger partial charge >= 0.3 is 12.3 Å². The molecule has 0 spiro atoms. The Balaban J connectivity index is 2.14. The van der Waals surface area contributed by atoms with Crippen LogP contribution in [0.5, 0.6) is 5.75 Å². The van der Waals surface area contributed by atoms with E-state index in [2.05, 4.69) is 4.74 Å². The van der Waals surface area contributed by atoms with Gasteiger partial charge in [0.05, 0.1) is 5.92 Å². The minimum atomic E-state index is -4.71. The molecule has 1 atom stereocenters. The minimum absolute atomic E-state index is 0.267. The number of hydrogen-bond donors (Lipinski definition) is 1. The number of rotatable bonds is 3. The first-order valence-electron chi connectivity index (χ1n) is 6.13. The molecule has 1 aliphatic rings. The quantitative estimate of drug-likeness (QED) is 0.918. The Bertz CT molecular complexity index is 535. The maximum atomic E-state index is 12.2. The molecule has 1 aromatic carbocycles. The number of carboxylic acids is 1. The number of alkyl halides is 3. The summed E-state index contributed by atoms with van der Waals surface area (Å²) in [4.78, 5) is 10.8. The van der Waals surface area contributed by atoms with Crippen LogP contribution in [0.25, 0.3) is 5.57 Å². The highest BCUT2D eigenvalue weighted by atomic mass is 19.4. The Morgan fingerprint density at radius 2 is 2.10 bits per heavy atom. The lowest BCUT2D eigenvalue weighted by molar-refractivity contribution is -0.274. The number of hydrogen-bond acceptors (Lipinski definition) is 2. The fourth-order valence-electron chi connectivity index (χ4n) is 2.21. The summed E-state index contributed by atoms with van der Waals surface area (Å²) in [7, 11) is 0. The summed E-state index contributed by atoms with van der Waals surface area (Å²) in [5.41, 5.74) is 1.49. The fraction of sp³-hybridized carbons (Fsp3) is 0.357. The second-order valence-corrected chi connectivity index (χ2v) is 4.61. The van der Waals surface area contributed by atoms with Crippen molar-refractivity contribution in [1.82, 2.24) is 0 Å². The van der Waals surface area contributed by atoms with Crippen LogP contribution in [0.3, 0.4) is 0 Å². The number of halogens is 3. The molecule has 0 radical (unpaired) electrons. The molecule has 0 unspecified atom stereocenters. The topological polar surface area (TPSA) is 46.5 Å². The largest absolute Gasteiger partial charge is 0.573 e. The van der Waals surface area contributed by atoms with E-state index in [1.165, 1.54) is 18.2 Å². The van der Waals surface area contributed by atoms with Gasteiger partial charge in [0.25, 0.3) is 0 Å². The molecule has 6 heteroatoms. The van der Waals surface area contributed by atoms with E-state index < -0.39 is 18.2 Å². The lowest BCUT2D eigenvalue weighted by Crippen LogP contribution is -2.17. The first-order chi connectivity index (χ1) is 9.35. The molecule has 0 aromatic heterocycles. The summed E-state index contributed by atoms with van der Waals surface area (Å²) in [5, 5.41) is 8.89. The van der Waals surface area contributed by atoms with E-state index >= 15 is 0 Å². The van der Waals surface area contributed by atoms with Gasteiger partial charge in [-0.3, -0.25) is 4.79 Å². The first kappa shape index (κ1) is 14.4. The van der Waals surface area contributed by atoms with Crippen LogP contribution in [0.15, 0.2) is 30.3 Å². The Labute approximate surface area is 113 Å². The lowest BCUT2D eigenvalue weighted by atomic mass is 9.86. The monoisotopic (exact) mass is 286 g/mol. The Morgan fingerprint density at radius 1 is 1.35 bits per heavy atom. The predicted molar refractivity (Wildman–Crippen MR) is 66.1 cm³/mol. The molecule has 0 saturated heterocycles. The van der Waals surface area contributed by atoms with Gasteiger partial charge in [0.1, 0.15) is 5.75 Å². The highest BCUT2D eigenvalue weighted by molar-refractivity contribution is 5.74. The summed E-state index contributed by atoms with van der Waals surface area (Å²) in [6, 6.07) is 5.73. The summed E-state index contributed by atoms with van der Waals surface area (Å²) >= 11 is 0. The van der Waals surface area contributed by atoms with Crippen molar-refractivity contribution in [3.05, 3.63) is 35.9 Å². The average molecular weight is 286 g/mol. The van der Waals surface area contributed by atoms with Crippen LogP contribution in [-0.2, 0) is 4.79 Å². The van der Waals surface area contributed by atoms with Crippen molar-refractivity contribution >= 4 is 11.5 Å². The Kier molecular flexibility index (Phi) is 4.01. The Hall–Kier alpha value is -1.98. The number of benzene rings is 1. The second-order valence-electron chi connectivity index (χ2n) is 4.61. The fourth-order valence-corrected chi connectivity index (χ4v) is 2.21. The molecule has 0 bridgehead atoms. The third-order valence-corrected chi connectivity index (χ3v) is 3.20. The Morgan fingerprint density at radius 3 is 2.65 bits per heavy atom. The zero-order chi connectivity index (χ0) is 14.8. The molecular formula is C14H13F3O3. The standard InChI is InChI=1S/C14H13F3O3/c15-14(16,17)20-12-3-1-2-11(8-12)9-4-6-10(7-5-9)13(18)19/h1-4,8,10H,5-7H2,(H,18,19)/t10-/m0/s1. The van der Waals surface area contributed by atoms with E-state index in [1.807, 2.05) is 0 Å². The molecule has 2 rings (SSSR count). The average Bonchev–Trinajstić information content (AvgIpc) is 2.37. The molecule has 1 aromatic rings. The summed E-state index contributed by atoms with van der Waals surface area (Å²) in [6.07, 6.45) is -1.52. The number of ether oxygens (including phenoxy) is 1. The molecule has 1 N–H and O–H groups in total. The normalized spacial score (nSPS) is 19.4. The van der Waals surface area contributed by atoms with E-state index in [4.69, 9.17) is 5.11 Å². The molecule has 1 aliphatic carbocycles. The molecule has 20 heavy (non-hydrogen) atoms. The maximum absolute atomic E-state index is 12.2. The SMILES string of the molecule is O=C(O)[C@H]1CC=C(c2cccc(OC(F)(F)F)c2)CC1. The molecule has 0 fully saturated rings. The number of carbonyl (C=O) groups is 1. The van der Waals surface area contributed by atoms with Gasteiger partial charge in [-0.25, -0.2) is 0 Å². The van der Waals surface area contributed by atoms with Crippen molar-refractivity contribution in [2.75, 3.05) is 0 Å². The van der Waals surface area contributed by atoms with Gasteiger partial charge in [0.2, 0.25) is 0 Å². The van der Waals surface area contributed by atoms with Crippen molar-refractivity contribution in [2.24, 2.45) is 5.92 Å². The molecule has 0 amide bonds. The minimum Gasteiger partial charge on any atom is -0.481 e. The molecule has 108 valence electrons. The molecule has 3 nitrogen and oxygen atoms in total. The first-order valence-corrected chi connectivity index (χ1v) is 6.13. The third-order valence-electron chi connectivity index (χ3n) is 3.20. The van der Waals surface area contributed by atoms with Crippen molar-refractivity contribution in [2.45, 2.75) is 25.6 Å². The van der Waals surface area contributed by atoms with Crippen LogP contribution >= 0.6 is 0 Å². The smallest absolute Gasteiger partial charge is 0.481 e. The van der Waals surface area contributed by atoms with Gasteiger partial charge in [-0.1, -0.05) is 18.2 Å². The van der Waals surface area contributed by atoms with Crippen LogP contribution in [0.2, 0.25) is 0 Å². The summed E-state index contributed by atoms with van der Waals surface area (Å²) < 4.78 is 40.3. The number of allylic oxidation sites excluding steroid dienone is 2. The van der Waals surface area contributed by atoms with E-state index in [-0.39, 0.29) is 5.75 Å². The van der Waals surface area contributed by atoms with Crippen LogP contribution in [0.4, 0.5) is 13.2 Å². The van der Waals surface area contributed by atoms with Gasteiger partial charge in [-0.2, -0.15) is 0 Å². The van der Waals surface area contributed by atoms with Crippen LogP contribution in [-0.4, -0.2) is 17.4 Å². The molecule has 0 saturated carbocycles. The highest BCUT2D eigenvalue weighted by Crippen LogP contribution is 2.32. The van der Waals surface area contributed by atoms with E-state index in [9.17, 15) is 18.0 Å². The predicted octanol–water partition coefficient (Wildman–Crippen LogP) is 3.85. The van der Waals surface area contributed by atoms with Crippen LogP contribution < -0.4 is 4.74 Å². The van der Waals surface area contributed by atoms with Crippen LogP contribution in [0, 0.1) is 5.92 Å². The van der Waals surface area contributed by atoms with Gasteiger partial charge in [0, 0.05) is 0 Å². The van der Waals surface area contributed by atoms with E-state index in [1.54, 1.807) is 12.1 Å². The summed E-state index contributed by atoms with van der Waals surface area (Å²) in [5.74, 6) is -1.51. The van der Waals surface area contributed by atoms with Gasteiger partial charge in [-0.05, 0) is 42.5 Å². The number of aliphatic carboxylic acids is 1. The van der Waals surface area contributed by atoms with E-state index in [0.717, 1.165) is 5.57 Å². The zero-order valence-corrected chi connectivity index (χ0v) is 10.5. The van der Waals surface area contributed by atoms with Crippen molar-refractivity contribution in [1.29, 1.82) is 0 Å². The molecule has 0 heterocycles. The van der Waals surface area contributed by atoms with Crippen molar-refractivity contribution in [3.63, 3.8) is 0 Å². The third kappa shape index (κ3) is 3.76. The number of carboxylic acid groups (broad SMARTS) is 1. The van der Waals surface area contributed by atoms with E-state index in [0.29, 0.717) is 24.8 Å². The lowest BCUT2D eigenvalue weighted by Gasteiger charge is -2.19.